The largest absolute Gasteiger partial charge is 0.480 e. The number of nitrogens with one attached hydrogen (secondary N) is 1. The maximum absolute atomic E-state index is 12.3. The molecule has 0 aliphatic heterocycles. The van der Waals surface area contributed by atoms with Crippen molar-refractivity contribution < 1.29 is 14.7 Å². The number of rotatable bonds is 5. The number of carboxylic acids is 1. The van der Waals surface area contributed by atoms with Gasteiger partial charge in [0, 0.05) is 0 Å². The highest BCUT2D eigenvalue weighted by molar-refractivity contribution is 5.84. The van der Waals surface area contributed by atoms with E-state index in [9.17, 15) is 9.59 Å². The SMILES string of the molecule is O=C(O)Cn1cc(CNC(=O)C2CCc3ccccc32)nn1. The zero-order valence-electron chi connectivity index (χ0n) is 11.9. The first-order chi connectivity index (χ1) is 10.6. The van der Waals surface area contributed by atoms with Gasteiger partial charge in [-0.3, -0.25) is 9.59 Å². The number of aryl methyl sites for hydroxylation is 1. The van der Waals surface area contributed by atoms with Crippen molar-refractivity contribution >= 4 is 11.9 Å². The Morgan fingerprint density at radius 1 is 1.36 bits per heavy atom. The first-order valence-electron chi connectivity index (χ1n) is 7.10. The summed E-state index contributed by atoms with van der Waals surface area (Å²) in [6.07, 6.45) is 3.26. The maximum atomic E-state index is 12.3. The minimum atomic E-state index is -0.983. The van der Waals surface area contributed by atoms with E-state index in [1.807, 2.05) is 18.2 Å². The van der Waals surface area contributed by atoms with Gasteiger partial charge in [0.05, 0.1) is 18.7 Å². The molecule has 1 aliphatic carbocycles. The highest BCUT2D eigenvalue weighted by atomic mass is 16.4. The highest BCUT2D eigenvalue weighted by Crippen LogP contribution is 2.32. The van der Waals surface area contributed by atoms with Crippen LogP contribution in [-0.4, -0.2) is 32.0 Å². The Hall–Kier alpha value is -2.70. The number of hydrogen-bond acceptors (Lipinski definition) is 4. The third-order valence-electron chi connectivity index (χ3n) is 3.78. The van der Waals surface area contributed by atoms with Crippen molar-refractivity contribution in [3.63, 3.8) is 0 Å². The van der Waals surface area contributed by atoms with Crippen LogP contribution in [0.1, 0.15) is 29.2 Å². The van der Waals surface area contributed by atoms with Gasteiger partial charge in [-0.1, -0.05) is 29.5 Å². The summed E-state index contributed by atoms with van der Waals surface area (Å²) in [6, 6.07) is 7.98. The van der Waals surface area contributed by atoms with Gasteiger partial charge in [-0.05, 0) is 24.0 Å². The summed E-state index contributed by atoms with van der Waals surface area (Å²) in [5.74, 6) is -1.13. The normalized spacial score (nSPS) is 16.3. The molecule has 1 heterocycles. The fourth-order valence-corrected chi connectivity index (χ4v) is 2.77. The van der Waals surface area contributed by atoms with Crippen LogP contribution < -0.4 is 5.32 Å². The van der Waals surface area contributed by atoms with Crippen LogP contribution in [0, 0.1) is 0 Å². The zero-order chi connectivity index (χ0) is 15.5. The predicted molar refractivity (Wildman–Crippen MR) is 77.0 cm³/mol. The fraction of sp³-hybridized carbons (Fsp3) is 0.333. The Bertz CT molecular complexity index is 710. The van der Waals surface area contributed by atoms with Crippen molar-refractivity contribution in [1.82, 2.24) is 20.3 Å². The minimum Gasteiger partial charge on any atom is -0.480 e. The number of hydrogen-bond donors (Lipinski definition) is 2. The van der Waals surface area contributed by atoms with E-state index < -0.39 is 5.97 Å². The van der Waals surface area contributed by atoms with Crippen LogP contribution >= 0.6 is 0 Å². The van der Waals surface area contributed by atoms with Crippen molar-refractivity contribution in [3.05, 3.63) is 47.3 Å². The Morgan fingerprint density at radius 2 is 2.18 bits per heavy atom. The van der Waals surface area contributed by atoms with Crippen molar-refractivity contribution in [2.75, 3.05) is 0 Å². The third-order valence-corrected chi connectivity index (χ3v) is 3.78. The molecule has 7 nitrogen and oxygen atoms in total. The van der Waals surface area contributed by atoms with E-state index in [0.29, 0.717) is 5.69 Å². The van der Waals surface area contributed by atoms with Crippen molar-refractivity contribution in [2.24, 2.45) is 0 Å². The molecule has 7 heteroatoms. The molecule has 1 aliphatic rings. The Morgan fingerprint density at radius 3 is 3.00 bits per heavy atom. The Labute approximate surface area is 126 Å². The summed E-state index contributed by atoms with van der Waals surface area (Å²) in [5.41, 5.74) is 2.87. The maximum Gasteiger partial charge on any atom is 0.325 e. The molecule has 0 saturated heterocycles. The standard InChI is InChI=1S/C15H16N4O3/c20-14(21)9-19-8-11(17-18-19)7-16-15(22)13-6-5-10-3-1-2-4-12(10)13/h1-4,8,13H,5-7,9H2,(H,16,22)(H,20,21). The second-order valence-corrected chi connectivity index (χ2v) is 5.31. The first-order valence-corrected chi connectivity index (χ1v) is 7.10. The predicted octanol–water partition coefficient (Wildman–Crippen LogP) is 0.709. The molecule has 1 aromatic carbocycles. The molecule has 1 unspecified atom stereocenters. The molecule has 1 aromatic heterocycles. The van der Waals surface area contributed by atoms with Crippen LogP contribution in [0.3, 0.4) is 0 Å². The van der Waals surface area contributed by atoms with Crippen LogP contribution in [0.5, 0.6) is 0 Å². The highest BCUT2D eigenvalue weighted by Gasteiger charge is 2.27. The summed E-state index contributed by atoms with van der Waals surface area (Å²) in [5, 5.41) is 19.1. The average Bonchev–Trinajstić information content (AvgIpc) is 3.10. The Balaban J connectivity index is 1.59. The summed E-state index contributed by atoms with van der Waals surface area (Å²) >= 11 is 0. The van der Waals surface area contributed by atoms with Crippen LogP contribution in [0.4, 0.5) is 0 Å². The molecule has 0 saturated carbocycles. The van der Waals surface area contributed by atoms with Crippen LogP contribution in [0.15, 0.2) is 30.5 Å². The number of nitrogens with zero attached hydrogens (tertiary/aromatic N) is 3. The topological polar surface area (TPSA) is 97.1 Å². The number of carboxylic acid groups (broad SMARTS) is 1. The lowest BCUT2D eigenvalue weighted by atomic mass is 10.0. The minimum absolute atomic E-state index is 0.0299. The van der Waals surface area contributed by atoms with Crippen LogP contribution in [0.25, 0.3) is 0 Å². The van der Waals surface area contributed by atoms with E-state index in [-0.39, 0.29) is 24.9 Å². The zero-order valence-corrected chi connectivity index (χ0v) is 11.9. The monoisotopic (exact) mass is 300 g/mol. The van der Waals surface area contributed by atoms with Crippen molar-refractivity contribution in [3.8, 4) is 0 Å². The number of aliphatic carboxylic acids is 1. The number of fused-ring (bicyclic) bond motifs is 1. The summed E-state index contributed by atoms with van der Waals surface area (Å²) < 4.78 is 1.23. The van der Waals surface area contributed by atoms with Gasteiger partial charge >= 0.3 is 5.97 Å². The lowest BCUT2D eigenvalue weighted by Crippen LogP contribution is -2.28. The van der Waals surface area contributed by atoms with Gasteiger partial charge in [-0.2, -0.15) is 0 Å². The molecule has 1 amide bonds. The average molecular weight is 300 g/mol. The van der Waals surface area contributed by atoms with Gasteiger partial charge in [0.1, 0.15) is 12.2 Å². The number of aromatic nitrogens is 3. The van der Waals surface area contributed by atoms with Gasteiger partial charge in [-0.25, -0.2) is 4.68 Å². The number of amides is 1. The molecule has 0 fully saturated rings. The smallest absolute Gasteiger partial charge is 0.325 e. The number of carbonyl (C=O) groups excluding carboxylic acids is 1. The molecule has 0 spiro atoms. The molecule has 114 valence electrons. The molecule has 1 atom stereocenters. The van der Waals surface area contributed by atoms with Crippen LogP contribution in [-0.2, 0) is 29.1 Å². The summed E-state index contributed by atoms with van der Waals surface area (Å²) in [4.78, 5) is 22.9. The molecule has 0 bridgehead atoms. The van der Waals surface area contributed by atoms with Gasteiger partial charge in [0.25, 0.3) is 0 Å². The summed E-state index contributed by atoms with van der Waals surface area (Å²) in [7, 11) is 0. The quantitative estimate of drug-likeness (QED) is 0.847. The van der Waals surface area contributed by atoms with E-state index in [1.165, 1.54) is 16.4 Å². The second-order valence-electron chi connectivity index (χ2n) is 5.31. The van der Waals surface area contributed by atoms with E-state index in [4.69, 9.17) is 5.11 Å². The van der Waals surface area contributed by atoms with Gasteiger partial charge < -0.3 is 10.4 Å². The summed E-state index contributed by atoms with van der Waals surface area (Å²) in [6.45, 7) is 0.00800. The molecule has 3 rings (SSSR count). The van der Waals surface area contributed by atoms with E-state index in [1.54, 1.807) is 0 Å². The van der Waals surface area contributed by atoms with Gasteiger partial charge in [0.2, 0.25) is 5.91 Å². The molecular weight excluding hydrogens is 284 g/mol. The fourth-order valence-electron chi connectivity index (χ4n) is 2.77. The first kappa shape index (κ1) is 14.2. The molecule has 2 N–H and O–H groups in total. The van der Waals surface area contributed by atoms with E-state index in [0.717, 1.165) is 18.4 Å². The lowest BCUT2D eigenvalue weighted by molar-refractivity contribution is -0.138. The molecule has 2 aromatic rings. The number of benzene rings is 1. The molecular formula is C15H16N4O3. The second kappa shape index (κ2) is 5.97. The Kier molecular flexibility index (Phi) is 3.86. The van der Waals surface area contributed by atoms with Crippen molar-refractivity contribution in [2.45, 2.75) is 31.8 Å². The molecule has 0 radical (unpaired) electrons. The van der Waals surface area contributed by atoms with E-state index in [2.05, 4.69) is 21.7 Å². The number of carbonyl (C=O) groups is 2. The third kappa shape index (κ3) is 2.98. The van der Waals surface area contributed by atoms with Crippen molar-refractivity contribution in [1.29, 1.82) is 0 Å². The molecule has 22 heavy (non-hydrogen) atoms. The van der Waals surface area contributed by atoms with Gasteiger partial charge in [0.15, 0.2) is 0 Å². The van der Waals surface area contributed by atoms with E-state index >= 15 is 0 Å². The van der Waals surface area contributed by atoms with Gasteiger partial charge in [-0.15, -0.1) is 5.10 Å². The van der Waals surface area contributed by atoms with Crippen LogP contribution in [0.2, 0.25) is 0 Å². The lowest BCUT2D eigenvalue weighted by Gasteiger charge is -2.11.